The summed E-state index contributed by atoms with van der Waals surface area (Å²) in [6, 6.07) is 9.97. The summed E-state index contributed by atoms with van der Waals surface area (Å²) in [5.74, 6) is 0.639. The number of nitrogens with zero attached hydrogens (tertiary/aromatic N) is 4. The van der Waals surface area contributed by atoms with Crippen molar-refractivity contribution in [2.75, 3.05) is 18.1 Å². The molecule has 0 unspecified atom stereocenters. The van der Waals surface area contributed by atoms with E-state index in [1.807, 2.05) is 35.2 Å². The Balaban J connectivity index is 2.00. The summed E-state index contributed by atoms with van der Waals surface area (Å²) >= 11 is 5.96. The Morgan fingerprint density at radius 3 is 2.76 bits per heavy atom. The van der Waals surface area contributed by atoms with E-state index >= 15 is 0 Å². The van der Waals surface area contributed by atoms with E-state index in [9.17, 15) is 5.11 Å². The minimum absolute atomic E-state index is 0.0179. The highest BCUT2D eigenvalue weighted by Crippen LogP contribution is 2.24. The molecule has 0 aliphatic heterocycles. The number of benzene rings is 1. The summed E-state index contributed by atoms with van der Waals surface area (Å²) in [6.45, 7) is 1.07. The number of hydrogen-bond donors (Lipinski definition) is 2. The third-order valence-electron chi connectivity index (χ3n) is 3.12. The molecule has 0 saturated heterocycles. The zero-order chi connectivity index (χ0) is 14.7. The van der Waals surface area contributed by atoms with Gasteiger partial charge in [0.2, 0.25) is 5.28 Å². The molecule has 0 saturated carbocycles. The van der Waals surface area contributed by atoms with Gasteiger partial charge in [-0.1, -0.05) is 30.3 Å². The fraction of sp³-hybridized carbons (Fsp3) is 0.214. The number of H-pyrrole nitrogens is 1. The number of aliphatic hydroxyl groups is 1. The second kappa shape index (κ2) is 6.07. The van der Waals surface area contributed by atoms with Crippen LogP contribution >= 0.6 is 11.6 Å². The molecule has 0 atom stereocenters. The van der Waals surface area contributed by atoms with Gasteiger partial charge in [-0.3, -0.25) is 0 Å². The van der Waals surface area contributed by atoms with Crippen LogP contribution in [-0.2, 0) is 6.54 Å². The predicted octanol–water partition coefficient (Wildman–Crippen LogP) is 2.01. The highest BCUT2D eigenvalue weighted by atomic mass is 35.5. The van der Waals surface area contributed by atoms with Gasteiger partial charge in [0.25, 0.3) is 0 Å². The summed E-state index contributed by atoms with van der Waals surface area (Å²) in [6.07, 6.45) is 1.55. The summed E-state index contributed by atoms with van der Waals surface area (Å²) < 4.78 is 0. The number of nitrogens with one attached hydrogen (secondary N) is 1. The number of hydrogen-bond acceptors (Lipinski definition) is 5. The number of aromatic nitrogens is 4. The number of imidazole rings is 1. The Morgan fingerprint density at radius 1 is 1.19 bits per heavy atom. The van der Waals surface area contributed by atoms with Crippen LogP contribution in [0.3, 0.4) is 0 Å². The van der Waals surface area contributed by atoms with Gasteiger partial charge in [0, 0.05) is 13.1 Å². The molecule has 3 rings (SSSR count). The first-order chi connectivity index (χ1) is 10.3. The Bertz CT molecular complexity index is 731. The highest BCUT2D eigenvalue weighted by molar-refractivity contribution is 6.28. The normalized spacial score (nSPS) is 11.0. The van der Waals surface area contributed by atoms with E-state index in [-0.39, 0.29) is 11.9 Å². The zero-order valence-corrected chi connectivity index (χ0v) is 12.0. The molecule has 6 nitrogen and oxygen atoms in total. The molecule has 108 valence electrons. The summed E-state index contributed by atoms with van der Waals surface area (Å²) in [5.41, 5.74) is 2.35. The zero-order valence-electron chi connectivity index (χ0n) is 11.2. The number of halogens is 1. The van der Waals surface area contributed by atoms with Crippen molar-refractivity contribution in [2.45, 2.75) is 6.54 Å². The third kappa shape index (κ3) is 2.96. The molecule has 3 aromatic rings. The molecule has 0 radical (unpaired) electrons. The van der Waals surface area contributed by atoms with Crippen molar-refractivity contribution in [3.63, 3.8) is 0 Å². The van der Waals surface area contributed by atoms with Gasteiger partial charge in [0.05, 0.1) is 12.9 Å². The van der Waals surface area contributed by atoms with Gasteiger partial charge < -0.3 is 15.0 Å². The van der Waals surface area contributed by atoms with Crippen molar-refractivity contribution in [3.8, 4) is 0 Å². The standard InChI is InChI=1S/C14H14ClN5O/c15-14-18-12-11(16-9-17-12)13(19-14)20(6-7-21)8-10-4-2-1-3-5-10/h1-5,9,21H,6-8H2,(H,16,17,18,19). The van der Waals surface area contributed by atoms with Gasteiger partial charge in [-0.05, 0) is 17.2 Å². The largest absolute Gasteiger partial charge is 0.395 e. The van der Waals surface area contributed by atoms with Crippen molar-refractivity contribution in [3.05, 3.63) is 47.5 Å². The van der Waals surface area contributed by atoms with Gasteiger partial charge in [0.1, 0.15) is 5.52 Å². The Morgan fingerprint density at radius 2 is 2.00 bits per heavy atom. The quantitative estimate of drug-likeness (QED) is 0.705. The topological polar surface area (TPSA) is 77.9 Å². The first kappa shape index (κ1) is 13.8. The molecule has 0 aliphatic rings. The average molecular weight is 304 g/mol. The van der Waals surface area contributed by atoms with E-state index in [0.717, 1.165) is 5.56 Å². The molecular formula is C14H14ClN5O. The lowest BCUT2D eigenvalue weighted by Crippen LogP contribution is -2.27. The van der Waals surface area contributed by atoms with Crippen molar-refractivity contribution in [2.24, 2.45) is 0 Å². The molecule has 0 amide bonds. The number of fused-ring (bicyclic) bond motifs is 1. The minimum atomic E-state index is 0.0179. The van der Waals surface area contributed by atoms with E-state index < -0.39 is 0 Å². The van der Waals surface area contributed by atoms with Crippen LogP contribution in [0.25, 0.3) is 11.2 Å². The van der Waals surface area contributed by atoms with Crippen molar-refractivity contribution < 1.29 is 5.11 Å². The fourth-order valence-corrected chi connectivity index (χ4v) is 2.37. The molecule has 7 heteroatoms. The Kier molecular flexibility index (Phi) is 3.98. The van der Waals surface area contributed by atoms with Crippen LogP contribution < -0.4 is 4.90 Å². The van der Waals surface area contributed by atoms with E-state index in [0.29, 0.717) is 30.1 Å². The van der Waals surface area contributed by atoms with Gasteiger partial charge in [0.15, 0.2) is 11.5 Å². The molecule has 2 aromatic heterocycles. The molecule has 0 fully saturated rings. The Hall–Kier alpha value is -2.18. The second-order valence-electron chi connectivity index (χ2n) is 4.55. The number of aliphatic hydroxyl groups excluding tert-OH is 1. The van der Waals surface area contributed by atoms with Crippen molar-refractivity contribution in [1.29, 1.82) is 0 Å². The molecule has 21 heavy (non-hydrogen) atoms. The van der Waals surface area contributed by atoms with Crippen molar-refractivity contribution >= 4 is 28.6 Å². The summed E-state index contributed by atoms with van der Waals surface area (Å²) in [7, 11) is 0. The smallest absolute Gasteiger partial charge is 0.226 e. The lowest BCUT2D eigenvalue weighted by Gasteiger charge is -2.23. The van der Waals surface area contributed by atoms with Crippen molar-refractivity contribution in [1.82, 2.24) is 19.9 Å². The van der Waals surface area contributed by atoms with Crippen LogP contribution in [0.15, 0.2) is 36.7 Å². The van der Waals surface area contributed by atoms with Gasteiger partial charge in [-0.2, -0.15) is 9.97 Å². The van der Waals surface area contributed by atoms with E-state index in [2.05, 4.69) is 19.9 Å². The summed E-state index contributed by atoms with van der Waals surface area (Å²) in [4.78, 5) is 17.4. The van der Waals surface area contributed by atoms with E-state index in [4.69, 9.17) is 11.6 Å². The van der Waals surface area contributed by atoms with Crippen LogP contribution in [0.2, 0.25) is 5.28 Å². The molecule has 0 bridgehead atoms. The minimum Gasteiger partial charge on any atom is -0.395 e. The van der Waals surface area contributed by atoms with Crippen LogP contribution in [0.5, 0.6) is 0 Å². The molecule has 1 aromatic carbocycles. The first-order valence-electron chi connectivity index (χ1n) is 6.54. The molecule has 2 N–H and O–H groups in total. The van der Waals surface area contributed by atoms with Crippen LogP contribution in [-0.4, -0.2) is 38.2 Å². The summed E-state index contributed by atoms with van der Waals surface area (Å²) in [5, 5.41) is 9.46. The van der Waals surface area contributed by atoms with E-state index in [1.54, 1.807) is 6.33 Å². The first-order valence-corrected chi connectivity index (χ1v) is 6.92. The molecule has 0 aliphatic carbocycles. The number of rotatable bonds is 5. The van der Waals surface area contributed by atoms with Gasteiger partial charge in [-0.15, -0.1) is 0 Å². The van der Waals surface area contributed by atoms with Crippen LogP contribution in [0.4, 0.5) is 5.82 Å². The molecule has 0 spiro atoms. The van der Waals surface area contributed by atoms with Crippen LogP contribution in [0, 0.1) is 0 Å². The maximum absolute atomic E-state index is 9.32. The maximum Gasteiger partial charge on any atom is 0.226 e. The monoisotopic (exact) mass is 303 g/mol. The highest BCUT2D eigenvalue weighted by Gasteiger charge is 2.16. The number of aromatic amines is 1. The fourth-order valence-electron chi connectivity index (χ4n) is 2.21. The predicted molar refractivity (Wildman–Crippen MR) is 81.3 cm³/mol. The Labute approximate surface area is 126 Å². The maximum atomic E-state index is 9.32. The molecular weight excluding hydrogens is 290 g/mol. The SMILES string of the molecule is OCCN(Cc1ccccc1)c1nc(Cl)nc2nc[nH]c12. The average Bonchev–Trinajstić information content (AvgIpc) is 2.95. The number of anilines is 1. The second-order valence-corrected chi connectivity index (χ2v) is 4.89. The van der Waals surface area contributed by atoms with Crippen LogP contribution in [0.1, 0.15) is 5.56 Å². The third-order valence-corrected chi connectivity index (χ3v) is 3.29. The lowest BCUT2D eigenvalue weighted by molar-refractivity contribution is 0.301. The van der Waals surface area contributed by atoms with Gasteiger partial charge >= 0.3 is 0 Å². The van der Waals surface area contributed by atoms with E-state index in [1.165, 1.54) is 0 Å². The molecule has 2 heterocycles. The van der Waals surface area contributed by atoms with Gasteiger partial charge in [-0.25, -0.2) is 4.98 Å². The lowest BCUT2D eigenvalue weighted by atomic mass is 10.2.